The van der Waals surface area contributed by atoms with Gasteiger partial charge in [0, 0.05) is 30.1 Å². The normalized spacial score (nSPS) is 31.0. The number of aliphatic hydroxyl groups excluding tert-OH is 1. The van der Waals surface area contributed by atoms with Gasteiger partial charge in [0.25, 0.3) is 5.91 Å². The zero-order valence-corrected chi connectivity index (χ0v) is 21.6. The van der Waals surface area contributed by atoms with E-state index >= 15 is 0 Å². The fourth-order valence-electron chi connectivity index (χ4n) is 6.49. The summed E-state index contributed by atoms with van der Waals surface area (Å²) in [5.41, 5.74) is 2.78. The van der Waals surface area contributed by atoms with E-state index in [1.54, 1.807) is 27.6 Å². The Hall–Kier alpha value is -2.32. The van der Waals surface area contributed by atoms with Crippen LogP contribution in [0.25, 0.3) is 0 Å². The van der Waals surface area contributed by atoms with Gasteiger partial charge in [-0.25, -0.2) is 0 Å². The third kappa shape index (κ3) is 4.08. The monoisotopic (exact) mass is 500 g/mol. The standard InChI is InChI=1S/C27H36N2O5S/c1-5-13-28(19-16-17(2)9-10-18(19)3)24(32)22-27-12-11-26(4,35-27)21(25(33)34)20(27)23(31)29(22)14-7-6-8-15-30/h5,9-10,16,20-22,30H,1,6-8,11-15H2,2-4H3,(H,33,34)/t20-,21+,22?,26-,27?/m0/s1. The van der Waals surface area contributed by atoms with Gasteiger partial charge in [0.1, 0.15) is 6.04 Å². The van der Waals surface area contributed by atoms with Crippen LogP contribution in [-0.2, 0) is 14.4 Å². The summed E-state index contributed by atoms with van der Waals surface area (Å²) in [4.78, 5) is 44.1. The molecule has 0 radical (unpaired) electrons. The van der Waals surface area contributed by atoms with Gasteiger partial charge < -0.3 is 20.0 Å². The maximum Gasteiger partial charge on any atom is 0.308 e. The molecule has 3 fully saturated rings. The number of aryl methyl sites for hydroxylation is 2. The Bertz CT molecular complexity index is 1040. The summed E-state index contributed by atoms with van der Waals surface area (Å²) in [6.07, 6.45) is 5.03. The molecule has 2 amide bonds. The first-order valence-corrected chi connectivity index (χ1v) is 13.3. The number of thioether (sulfide) groups is 1. The highest BCUT2D eigenvalue weighted by atomic mass is 32.2. The molecule has 1 spiro atoms. The van der Waals surface area contributed by atoms with Gasteiger partial charge in [-0.15, -0.1) is 18.3 Å². The summed E-state index contributed by atoms with van der Waals surface area (Å²) in [7, 11) is 0. The topological polar surface area (TPSA) is 98.2 Å². The number of rotatable bonds is 10. The number of nitrogens with zero attached hydrogens (tertiary/aromatic N) is 2. The van der Waals surface area contributed by atoms with Crippen molar-refractivity contribution in [3.8, 4) is 0 Å². The number of hydrogen-bond acceptors (Lipinski definition) is 5. The van der Waals surface area contributed by atoms with E-state index in [1.165, 1.54) is 0 Å². The third-order valence-electron chi connectivity index (χ3n) is 8.07. The minimum Gasteiger partial charge on any atom is -0.481 e. The Morgan fingerprint density at radius 1 is 1.26 bits per heavy atom. The zero-order valence-electron chi connectivity index (χ0n) is 20.8. The zero-order chi connectivity index (χ0) is 25.5. The molecule has 3 heterocycles. The summed E-state index contributed by atoms with van der Waals surface area (Å²) >= 11 is 1.56. The van der Waals surface area contributed by atoms with Crippen LogP contribution in [0.5, 0.6) is 0 Å². The molecule has 0 aliphatic carbocycles. The summed E-state index contributed by atoms with van der Waals surface area (Å²) in [5.74, 6) is -2.85. The Kier molecular flexibility index (Phi) is 7.08. The number of carbonyl (C=O) groups excluding carboxylic acids is 2. The average molecular weight is 501 g/mol. The first-order valence-electron chi connectivity index (χ1n) is 12.4. The van der Waals surface area contributed by atoms with Crippen LogP contribution in [0.4, 0.5) is 5.69 Å². The third-order valence-corrected chi connectivity index (χ3v) is 10.1. The van der Waals surface area contributed by atoms with Crippen molar-refractivity contribution in [1.82, 2.24) is 4.90 Å². The van der Waals surface area contributed by atoms with E-state index in [1.807, 2.05) is 39.0 Å². The first kappa shape index (κ1) is 25.8. The molecule has 1 aromatic rings. The molecule has 3 saturated heterocycles. The average Bonchev–Trinajstić information content (AvgIpc) is 3.37. The minimum absolute atomic E-state index is 0.0813. The molecule has 4 rings (SSSR count). The lowest BCUT2D eigenvalue weighted by Gasteiger charge is -2.37. The summed E-state index contributed by atoms with van der Waals surface area (Å²) in [6.45, 7) is 10.5. The predicted octanol–water partition coefficient (Wildman–Crippen LogP) is 3.55. The molecule has 3 aliphatic rings. The molecule has 0 saturated carbocycles. The SMILES string of the molecule is C=CCN(C(=O)C1N(CCCCCO)C(=O)[C@@H]2[C@H](C(=O)O)[C@]3(C)CCC12S3)c1cc(C)ccc1C. The molecule has 3 aliphatic heterocycles. The number of aliphatic hydroxyl groups is 1. The fourth-order valence-corrected chi connectivity index (χ4v) is 8.83. The second-order valence-corrected chi connectivity index (χ2v) is 12.3. The van der Waals surface area contributed by atoms with Gasteiger partial charge in [0.15, 0.2) is 0 Å². The molecule has 1 aromatic carbocycles. The van der Waals surface area contributed by atoms with Crippen LogP contribution in [0.2, 0.25) is 0 Å². The van der Waals surface area contributed by atoms with Crippen LogP contribution >= 0.6 is 11.8 Å². The summed E-state index contributed by atoms with van der Waals surface area (Å²) in [5, 5.41) is 19.3. The van der Waals surface area contributed by atoms with Crippen molar-refractivity contribution >= 4 is 35.2 Å². The van der Waals surface area contributed by atoms with Gasteiger partial charge in [-0.3, -0.25) is 14.4 Å². The number of amides is 2. The van der Waals surface area contributed by atoms with Crippen LogP contribution in [0.3, 0.4) is 0 Å². The number of fused-ring (bicyclic) bond motifs is 1. The van der Waals surface area contributed by atoms with Gasteiger partial charge in [0.05, 0.1) is 16.6 Å². The first-order chi connectivity index (χ1) is 16.6. The molecule has 7 nitrogen and oxygen atoms in total. The number of benzene rings is 1. The molecule has 35 heavy (non-hydrogen) atoms. The molecule has 2 bridgehead atoms. The van der Waals surface area contributed by atoms with Crippen molar-refractivity contribution < 1.29 is 24.6 Å². The van der Waals surface area contributed by atoms with Crippen molar-refractivity contribution in [2.75, 3.05) is 24.6 Å². The second kappa shape index (κ2) is 9.62. The van der Waals surface area contributed by atoms with Crippen molar-refractivity contribution in [3.63, 3.8) is 0 Å². The van der Waals surface area contributed by atoms with E-state index in [4.69, 9.17) is 0 Å². The van der Waals surface area contributed by atoms with Crippen molar-refractivity contribution in [1.29, 1.82) is 0 Å². The van der Waals surface area contributed by atoms with Gasteiger partial charge in [-0.1, -0.05) is 18.2 Å². The maximum absolute atomic E-state index is 14.4. The highest BCUT2D eigenvalue weighted by molar-refractivity contribution is 8.02. The van der Waals surface area contributed by atoms with E-state index in [9.17, 15) is 24.6 Å². The Balaban J connectivity index is 1.78. The fraction of sp³-hybridized carbons (Fsp3) is 0.593. The highest BCUT2D eigenvalue weighted by Gasteiger charge is 2.77. The lowest BCUT2D eigenvalue weighted by atomic mass is 9.66. The predicted molar refractivity (Wildman–Crippen MR) is 137 cm³/mol. The molecule has 5 atom stereocenters. The lowest BCUT2D eigenvalue weighted by Crippen LogP contribution is -2.55. The molecule has 8 heteroatoms. The van der Waals surface area contributed by atoms with Crippen LogP contribution in [0.1, 0.15) is 50.2 Å². The Morgan fingerprint density at radius 2 is 2.00 bits per heavy atom. The maximum atomic E-state index is 14.4. The van der Waals surface area contributed by atoms with E-state index in [2.05, 4.69) is 6.58 Å². The van der Waals surface area contributed by atoms with Crippen molar-refractivity contribution in [2.24, 2.45) is 11.8 Å². The van der Waals surface area contributed by atoms with E-state index in [0.29, 0.717) is 38.8 Å². The van der Waals surface area contributed by atoms with E-state index in [0.717, 1.165) is 23.2 Å². The van der Waals surface area contributed by atoms with Crippen molar-refractivity contribution in [2.45, 2.75) is 68.4 Å². The van der Waals surface area contributed by atoms with Crippen LogP contribution < -0.4 is 4.90 Å². The number of likely N-dealkylation sites (tertiary alicyclic amines) is 1. The summed E-state index contributed by atoms with van der Waals surface area (Å²) in [6, 6.07) is 5.24. The summed E-state index contributed by atoms with van der Waals surface area (Å²) < 4.78 is -1.31. The largest absolute Gasteiger partial charge is 0.481 e. The molecular formula is C27H36N2O5S. The van der Waals surface area contributed by atoms with Gasteiger partial charge >= 0.3 is 5.97 Å². The second-order valence-electron chi connectivity index (χ2n) is 10.4. The van der Waals surface area contributed by atoms with Gasteiger partial charge in [0.2, 0.25) is 5.91 Å². The molecular weight excluding hydrogens is 464 g/mol. The molecule has 2 N–H and O–H groups in total. The number of carbonyl (C=O) groups is 3. The lowest BCUT2D eigenvalue weighted by molar-refractivity contribution is -0.150. The van der Waals surface area contributed by atoms with Crippen LogP contribution in [-0.4, -0.2) is 68.1 Å². The van der Waals surface area contributed by atoms with E-state index < -0.39 is 33.3 Å². The minimum atomic E-state index is -0.953. The number of carboxylic acids is 1. The molecule has 0 aromatic heterocycles. The van der Waals surface area contributed by atoms with E-state index in [-0.39, 0.29) is 18.4 Å². The number of carboxylic acid groups (broad SMARTS) is 1. The Labute approximate surface area is 211 Å². The van der Waals surface area contributed by atoms with Crippen LogP contribution in [0, 0.1) is 25.7 Å². The number of anilines is 1. The Morgan fingerprint density at radius 3 is 2.66 bits per heavy atom. The highest BCUT2D eigenvalue weighted by Crippen LogP contribution is 2.71. The number of aliphatic carboxylic acids is 1. The van der Waals surface area contributed by atoms with Gasteiger partial charge in [-0.2, -0.15) is 0 Å². The number of unbranched alkanes of at least 4 members (excludes halogenated alkanes) is 2. The van der Waals surface area contributed by atoms with Gasteiger partial charge in [-0.05, 0) is 70.1 Å². The molecule has 190 valence electrons. The quantitative estimate of drug-likeness (QED) is 0.377. The smallest absolute Gasteiger partial charge is 0.308 e. The number of hydrogen-bond donors (Lipinski definition) is 2. The molecule has 2 unspecified atom stereocenters. The van der Waals surface area contributed by atoms with Crippen molar-refractivity contribution in [3.05, 3.63) is 42.0 Å². The van der Waals surface area contributed by atoms with Crippen LogP contribution in [0.15, 0.2) is 30.9 Å².